The summed E-state index contributed by atoms with van der Waals surface area (Å²) in [5, 5.41) is 8.91. The van der Waals surface area contributed by atoms with Gasteiger partial charge in [0.25, 0.3) is 0 Å². The lowest BCUT2D eigenvalue weighted by atomic mass is 10.2. The number of carboxylic acid groups (broad SMARTS) is 1. The van der Waals surface area contributed by atoms with Gasteiger partial charge in [0.15, 0.2) is 0 Å². The van der Waals surface area contributed by atoms with Crippen molar-refractivity contribution >= 4 is 5.97 Å². The number of rotatable bonds is 9. The average molecular weight is 277 g/mol. The second-order valence-corrected chi connectivity index (χ2v) is 5.37. The zero-order valence-corrected chi connectivity index (χ0v) is 12.0. The third kappa shape index (κ3) is 4.85. The first-order valence-electron chi connectivity index (χ1n) is 7.37. The number of hydrogen-bond donors (Lipinski definition) is 1. The summed E-state index contributed by atoms with van der Waals surface area (Å²) in [5.74, 6) is 0.635. The van der Waals surface area contributed by atoms with Gasteiger partial charge in [-0.2, -0.15) is 0 Å². The second-order valence-electron chi connectivity index (χ2n) is 5.37. The molecular weight excluding hydrogens is 254 g/mol. The van der Waals surface area contributed by atoms with E-state index in [9.17, 15) is 4.79 Å². The van der Waals surface area contributed by atoms with Crippen LogP contribution in [0, 0.1) is 5.92 Å². The maximum atomic E-state index is 10.9. The molecule has 0 aliphatic heterocycles. The lowest BCUT2D eigenvalue weighted by molar-refractivity contribution is 0.0696. The van der Waals surface area contributed by atoms with E-state index in [0.717, 1.165) is 25.4 Å². The predicted octanol–water partition coefficient (Wildman–Crippen LogP) is 2.89. The van der Waals surface area contributed by atoms with E-state index in [0.29, 0.717) is 12.4 Å². The van der Waals surface area contributed by atoms with Crippen molar-refractivity contribution in [3.8, 4) is 5.75 Å². The van der Waals surface area contributed by atoms with Crippen LogP contribution in [0.3, 0.4) is 0 Å². The summed E-state index contributed by atoms with van der Waals surface area (Å²) in [6, 6.07) is 6.66. The molecule has 0 heterocycles. The van der Waals surface area contributed by atoms with Crippen LogP contribution in [0.15, 0.2) is 24.3 Å². The van der Waals surface area contributed by atoms with E-state index in [1.54, 1.807) is 24.3 Å². The van der Waals surface area contributed by atoms with Gasteiger partial charge in [0, 0.05) is 13.1 Å². The van der Waals surface area contributed by atoms with E-state index in [2.05, 4.69) is 11.8 Å². The molecule has 1 saturated carbocycles. The number of aromatic carboxylic acids is 1. The SMILES string of the molecule is CCN(CCCOc1cccc(C(=O)O)c1)CC1CC1. The Hall–Kier alpha value is -1.55. The van der Waals surface area contributed by atoms with Crippen molar-refractivity contribution in [2.24, 2.45) is 5.92 Å². The van der Waals surface area contributed by atoms with Crippen molar-refractivity contribution in [1.82, 2.24) is 4.90 Å². The molecule has 1 aromatic rings. The number of carboxylic acids is 1. The second kappa shape index (κ2) is 7.29. The van der Waals surface area contributed by atoms with Gasteiger partial charge in [-0.05, 0) is 49.9 Å². The highest BCUT2D eigenvalue weighted by molar-refractivity contribution is 5.87. The van der Waals surface area contributed by atoms with Crippen LogP contribution in [0.2, 0.25) is 0 Å². The van der Waals surface area contributed by atoms with Crippen molar-refractivity contribution in [2.45, 2.75) is 26.2 Å². The summed E-state index contributed by atoms with van der Waals surface area (Å²) in [7, 11) is 0. The van der Waals surface area contributed by atoms with Gasteiger partial charge in [-0.25, -0.2) is 4.79 Å². The fourth-order valence-electron chi connectivity index (χ4n) is 2.24. The highest BCUT2D eigenvalue weighted by Crippen LogP contribution is 2.29. The van der Waals surface area contributed by atoms with Crippen molar-refractivity contribution in [1.29, 1.82) is 0 Å². The van der Waals surface area contributed by atoms with E-state index in [4.69, 9.17) is 9.84 Å². The molecule has 4 heteroatoms. The van der Waals surface area contributed by atoms with Gasteiger partial charge in [0.1, 0.15) is 5.75 Å². The number of hydrogen-bond acceptors (Lipinski definition) is 3. The van der Waals surface area contributed by atoms with Crippen LogP contribution < -0.4 is 4.74 Å². The molecule has 1 N–H and O–H groups in total. The molecule has 1 aromatic carbocycles. The summed E-state index contributed by atoms with van der Waals surface area (Å²) in [4.78, 5) is 13.3. The van der Waals surface area contributed by atoms with Crippen LogP contribution in [-0.2, 0) is 0 Å². The Balaban J connectivity index is 1.69. The first-order valence-corrected chi connectivity index (χ1v) is 7.37. The minimum Gasteiger partial charge on any atom is -0.494 e. The molecule has 0 saturated heterocycles. The van der Waals surface area contributed by atoms with Crippen molar-refractivity contribution in [3.63, 3.8) is 0 Å². The third-order valence-electron chi connectivity index (χ3n) is 3.63. The lowest BCUT2D eigenvalue weighted by Gasteiger charge is -2.20. The van der Waals surface area contributed by atoms with Gasteiger partial charge in [-0.3, -0.25) is 0 Å². The Bertz CT molecular complexity index is 443. The standard InChI is InChI=1S/C16H23NO3/c1-2-17(12-13-7-8-13)9-4-10-20-15-6-3-5-14(11-15)16(18)19/h3,5-6,11,13H,2,4,7-10,12H2,1H3,(H,18,19). The minimum absolute atomic E-state index is 0.270. The van der Waals surface area contributed by atoms with E-state index < -0.39 is 5.97 Å². The van der Waals surface area contributed by atoms with Crippen LogP contribution in [0.5, 0.6) is 5.75 Å². The zero-order chi connectivity index (χ0) is 14.4. The van der Waals surface area contributed by atoms with Crippen molar-refractivity contribution < 1.29 is 14.6 Å². The summed E-state index contributed by atoms with van der Waals surface area (Å²) >= 11 is 0. The molecule has 2 rings (SSSR count). The van der Waals surface area contributed by atoms with Crippen LogP contribution in [0.25, 0.3) is 0 Å². The average Bonchev–Trinajstić information content (AvgIpc) is 3.26. The van der Waals surface area contributed by atoms with Crippen molar-refractivity contribution in [3.05, 3.63) is 29.8 Å². The van der Waals surface area contributed by atoms with Gasteiger partial charge >= 0.3 is 5.97 Å². The van der Waals surface area contributed by atoms with Crippen LogP contribution in [0.1, 0.15) is 36.5 Å². The van der Waals surface area contributed by atoms with Gasteiger partial charge in [-0.15, -0.1) is 0 Å². The summed E-state index contributed by atoms with van der Waals surface area (Å²) in [5.41, 5.74) is 0.270. The topological polar surface area (TPSA) is 49.8 Å². The van der Waals surface area contributed by atoms with Crippen LogP contribution in [-0.4, -0.2) is 42.2 Å². The largest absolute Gasteiger partial charge is 0.494 e. The van der Waals surface area contributed by atoms with Gasteiger partial charge < -0.3 is 14.7 Å². The lowest BCUT2D eigenvalue weighted by Crippen LogP contribution is -2.27. The first kappa shape index (κ1) is 14.9. The highest BCUT2D eigenvalue weighted by Gasteiger charge is 2.23. The van der Waals surface area contributed by atoms with Crippen molar-refractivity contribution in [2.75, 3.05) is 26.2 Å². The molecule has 1 aliphatic rings. The van der Waals surface area contributed by atoms with Crippen LogP contribution >= 0.6 is 0 Å². The van der Waals surface area contributed by atoms with E-state index in [1.807, 2.05) is 0 Å². The molecule has 0 atom stereocenters. The summed E-state index contributed by atoms with van der Waals surface area (Å²) in [6.45, 7) is 6.17. The highest BCUT2D eigenvalue weighted by atomic mass is 16.5. The number of ether oxygens (including phenoxy) is 1. The van der Waals surface area contributed by atoms with Gasteiger partial charge in [-0.1, -0.05) is 13.0 Å². The quantitative estimate of drug-likeness (QED) is 0.705. The third-order valence-corrected chi connectivity index (χ3v) is 3.63. The number of nitrogens with zero attached hydrogens (tertiary/aromatic N) is 1. The van der Waals surface area contributed by atoms with Crippen LogP contribution in [0.4, 0.5) is 0 Å². The minimum atomic E-state index is -0.919. The Kier molecular flexibility index (Phi) is 5.41. The molecule has 4 nitrogen and oxygen atoms in total. The van der Waals surface area contributed by atoms with E-state index in [1.165, 1.54) is 19.4 Å². The molecule has 0 radical (unpaired) electrons. The fraction of sp³-hybridized carbons (Fsp3) is 0.562. The predicted molar refractivity (Wildman–Crippen MR) is 78.4 cm³/mol. The van der Waals surface area contributed by atoms with E-state index in [-0.39, 0.29) is 5.56 Å². The summed E-state index contributed by atoms with van der Waals surface area (Å²) in [6.07, 6.45) is 3.74. The van der Waals surface area contributed by atoms with Gasteiger partial charge in [0.05, 0.1) is 12.2 Å². The molecule has 0 bridgehead atoms. The molecule has 0 unspecified atom stereocenters. The van der Waals surface area contributed by atoms with Gasteiger partial charge in [0.2, 0.25) is 0 Å². The molecule has 20 heavy (non-hydrogen) atoms. The van der Waals surface area contributed by atoms with E-state index >= 15 is 0 Å². The molecule has 0 aromatic heterocycles. The zero-order valence-electron chi connectivity index (χ0n) is 12.0. The molecular formula is C16H23NO3. The maximum absolute atomic E-state index is 10.9. The first-order chi connectivity index (χ1) is 9.69. The summed E-state index contributed by atoms with van der Waals surface area (Å²) < 4.78 is 5.62. The molecule has 0 spiro atoms. The maximum Gasteiger partial charge on any atom is 0.335 e. The number of carbonyl (C=O) groups is 1. The molecule has 0 amide bonds. The monoisotopic (exact) mass is 277 g/mol. The normalized spacial score (nSPS) is 14.5. The smallest absolute Gasteiger partial charge is 0.335 e. The molecule has 1 aliphatic carbocycles. The molecule has 110 valence electrons. The Labute approximate surface area is 120 Å². The fourth-order valence-corrected chi connectivity index (χ4v) is 2.24. The number of benzene rings is 1. The molecule has 1 fully saturated rings. The Morgan fingerprint density at radius 3 is 2.90 bits per heavy atom. The Morgan fingerprint density at radius 1 is 1.45 bits per heavy atom. The Morgan fingerprint density at radius 2 is 2.25 bits per heavy atom.